The Morgan fingerprint density at radius 3 is 2.59 bits per heavy atom. The van der Waals surface area contributed by atoms with Gasteiger partial charge in [0.2, 0.25) is 0 Å². The molecule has 0 aliphatic carbocycles. The molecule has 10 heteroatoms. The highest BCUT2D eigenvalue weighted by atomic mass is 32.2. The quantitative estimate of drug-likeness (QED) is 0.496. The average Bonchev–Trinajstić information content (AvgIpc) is 2.73. The van der Waals surface area contributed by atoms with Gasteiger partial charge >= 0.3 is 6.09 Å². The summed E-state index contributed by atoms with van der Waals surface area (Å²) in [5.41, 5.74) is 5.23. The third-order valence-corrected chi connectivity index (χ3v) is 4.84. The Labute approximate surface area is 193 Å². The molecule has 0 aromatic heterocycles. The molecule has 32 heavy (non-hydrogen) atoms. The predicted molar refractivity (Wildman–Crippen MR) is 130 cm³/mol. The number of halogens is 2. The summed E-state index contributed by atoms with van der Waals surface area (Å²) in [4.78, 5) is 21.5. The number of hydrogen-bond acceptors (Lipinski definition) is 6. The fraction of sp³-hybridized carbons (Fsp3) is 0.500. The maximum absolute atomic E-state index is 15.1. The van der Waals surface area contributed by atoms with E-state index in [9.17, 15) is 4.79 Å². The van der Waals surface area contributed by atoms with E-state index in [2.05, 4.69) is 27.8 Å². The summed E-state index contributed by atoms with van der Waals surface area (Å²) in [5, 5.41) is 3.41. The van der Waals surface area contributed by atoms with Crippen LogP contribution >= 0.6 is 11.8 Å². The second-order valence-corrected chi connectivity index (χ2v) is 8.72. The van der Waals surface area contributed by atoms with Crippen LogP contribution < -0.4 is 16.0 Å². The van der Waals surface area contributed by atoms with E-state index in [4.69, 9.17) is 4.74 Å². The molecule has 0 saturated carbocycles. The maximum atomic E-state index is 15.1. The van der Waals surface area contributed by atoms with Crippen molar-refractivity contribution in [2.24, 2.45) is 15.7 Å². The van der Waals surface area contributed by atoms with Gasteiger partial charge in [-0.05, 0) is 64.9 Å². The number of carbonyl (C=O) groups is 1. The van der Waals surface area contributed by atoms with Gasteiger partial charge in [-0.15, -0.1) is 0 Å². The van der Waals surface area contributed by atoms with Crippen LogP contribution in [0, 0.1) is 0 Å². The highest BCUT2D eigenvalue weighted by molar-refractivity contribution is 8.13. The number of nitrogens with two attached hydrogens (primary N) is 1. The van der Waals surface area contributed by atoms with E-state index in [-0.39, 0.29) is 6.54 Å². The van der Waals surface area contributed by atoms with Crippen molar-refractivity contribution in [1.82, 2.24) is 5.32 Å². The third-order valence-electron chi connectivity index (χ3n) is 4.24. The van der Waals surface area contributed by atoms with Crippen LogP contribution in [-0.4, -0.2) is 55.9 Å². The molecule has 178 valence electrons. The number of benzene rings is 1. The zero-order chi connectivity index (χ0) is 24.5. The number of rotatable bonds is 4. The highest BCUT2D eigenvalue weighted by Crippen LogP contribution is 2.43. The molecule has 0 spiro atoms. The number of hydrogen-bond donors (Lipinski definition) is 2. The van der Waals surface area contributed by atoms with Gasteiger partial charge in [0.05, 0.1) is 12.2 Å². The molecule has 1 aromatic carbocycles. The number of ether oxygens (including phenoxy) is 1. The minimum atomic E-state index is -3.19. The summed E-state index contributed by atoms with van der Waals surface area (Å²) < 4.78 is 35.5. The second kappa shape index (κ2) is 12.1. The van der Waals surface area contributed by atoms with Gasteiger partial charge in [0.15, 0.2) is 5.17 Å². The number of nitrogens with one attached hydrogen (secondary N) is 1. The normalized spacial score (nSPS) is 18.3. The minimum Gasteiger partial charge on any atom is -0.443 e. The van der Waals surface area contributed by atoms with Gasteiger partial charge in [-0.1, -0.05) is 30.0 Å². The summed E-state index contributed by atoms with van der Waals surface area (Å²) in [7, 11) is 1.50. The number of amidine groups is 1. The van der Waals surface area contributed by atoms with Crippen molar-refractivity contribution in [3.63, 3.8) is 0 Å². The van der Waals surface area contributed by atoms with Crippen molar-refractivity contribution in [1.29, 1.82) is 0 Å². The van der Waals surface area contributed by atoms with Crippen molar-refractivity contribution < 1.29 is 18.3 Å². The molecular weight excluding hydrogens is 436 g/mol. The van der Waals surface area contributed by atoms with Crippen LogP contribution in [0.15, 0.2) is 46.0 Å². The number of anilines is 1. The molecule has 1 amide bonds. The zero-order valence-corrected chi connectivity index (χ0v) is 20.3. The minimum absolute atomic E-state index is 0.198. The summed E-state index contributed by atoms with van der Waals surface area (Å²) in [5.74, 6) is -3.19. The van der Waals surface area contributed by atoms with Gasteiger partial charge in [0.25, 0.3) is 5.92 Å². The molecular formula is C22H33F2N5O2S. The highest BCUT2D eigenvalue weighted by Gasteiger charge is 2.49. The number of aliphatic imine (C=N–C) groups is 2. The monoisotopic (exact) mass is 469 g/mol. The Bertz CT molecular complexity index is 853. The summed E-state index contributed by atoms with van der Waals surface area (Å²) >= 11 is 1.34. The van der Waals surface area contributed by atoms with E-state index in [1.54, 1.807) is 58.2 Å². The molecule has 0 fully saturated rings. The Morgan fingerprint density at radius 1 is 1.41 bits per heavy atom. The third kappa shape index (κ3) is 7.68. The largest absolute Gasteiger partial charge is 0.443 e. The zero-order valence-electron chi connectivity index (χ0n) is 19.5. The van der Waals surface area contributed by atoms with Crippen molar-refractivity contribution in [2.45, 2.75) is 45.3 Å². The van der Waals surface area contributed by atoms with Crippen LogP contribution in [-0.2, 0) is 4.74 Å². The Morgan fingerprint density at radius 2 is 2.03 bits per heavy atom. The number of thioether (sulfide) groups is 1. The van der Waals surface area contributed by atoms with Gasteiger partial charge in [-0.25, -0.2) is 23.6 Å². The smallest absolute Gasteiger partial charge is 0.415 e. The number of nitrogens with zero attached hydrogens (tertiary/aromatic N) is 3. The van der Waals surface area contributed by atoms with Crippen LogP contribution in [0.25, 0.3) is 0 Å². The lowest BCUT2D eigenvalue weighted by molar-refractivity contribution is -0.0366. The van der Waals surface area contributed by atoms with Crippen molar-refractivity contribution in [2.75, 3.05) is 31.3 Å². The van der Waals surface area contributed by atoms with E-state index in [1.165, 1.54) is 18.8 Å². The molecule has 2 rings (SSSR count). The molecule has 1 heterocycles. The summed E-state index contributed by atoms with van der Waals surface area (Å²) in [6.45, 7) is 9.74. The molecule has 7 nitrogen and oxygen atoms in total. The fourth-order valence-corrected chi connectivity index (χ4v) is 3.25. The number of amides is 1. The van der Waals surface area contributed by atoms with Gasteiger partial charge in [0.1, 0.15) is 11.6 Å². The van der Waals surface area contributed by atoms with Gasteiger partial charge in [0, 0.05) is 12.7 Å². The first-order valence-electron chi connectivity index (χ1n) is 10.0. The Balaban J connectivity index is 0.00000249. The lowest BCUT2D eigenvalue weighted by Crippen LogP contribution is -2.53. The number of para-hydroxylation sites is 1. The summed E-state index contributed by atoms with van der Waals surface area (Å²) in [6.07, 6.45) is 2.61. The summed E-state index contributed by atoms with van der Waals surface area (Å²) in [6, 6.07) is 5.38. The van der Waals surface area contributed by atoms with Gasteiger partial charge < -0.3 is 15.8 Å². The van der Waals surface area contributed by atoms with Crippen LogP contribution in [0.4, 0.5) is 19.3 Å². The molecule has 1 aliphatic heterocycles. The van der Waals surface area contributed by atoms with Gasteiger partial charge in [-0.3, -0.25) is 4.90 Å². The number of alkyl halides is 2. The molecule has 3 N–H and O–H groups in total. The predicted octanol–water partition coefficient (Wildman–Crippen LogP) is 4.61. The molecule has 1 aromatic rings. The van der Waals surface area contributed by atoms with E-state index in [1.807, 2.05) is 6.26 Å². The topological polar surface area (TPSA) is 92.3 Å². The van der Waals surface area contributed by atoms with E-state index >= 15 is 8.78 Å². The average molecular weight is 470 g/mol. The van der Waals surface area contributed by atoms with Crippen LogP contribution in [0.5, 0.6) is 0 Å². The SMILES string of the molecule is C=NC(=N/C=C(\C)CNC1c2ccccc2N(C(=O)OC(C)(C)C)CC1(F)F)SC.CN. The molecule has 0 saturated heterocycles. The van der Waals surface area contributed by atoms with Gasteiger partial charge in [-0.2, -0.15) is 0 Å². The lowest BCUT2D eigenvalue weighted by Gasteiger charge is -2.40. The van der Waals surface area contributed by atoms with Crippen molar-refractivity contribution in [3.8, 4) is 0 Å². The van der Waals surface area contributed by atoms with Crippen LogP contribution in [0.3, 0.4) is 0 Å². The molecule has 0 radical (unpaired) electrons. The molecule has 1 unspecified atom stereocenters. The Kier molecular flexibility index (Phi) is 10.5. The molecule has 0 bridgehead atoms. The van der Waals surface area contributed by atoms with E-state index in [0.29, 0.717) is 16.4 Å². The standard InChI is InChI=1S/C21H28F2N4O2S.CH5N/c1-14(12-26-18(24-5)30-6)11-25-17-15-9-7-8-10-16(15)27(13-21(17,22)23)19(28)29-20(2,3)4;1-2/h7-10,12,17,25H,5,11,13H2,1-4,6H3;2H2,1H3/b14-12+,26-18?;. The maximum Gasteiger partial charge on any atom is 0.415 e. The van der Waals surface area contributed by atoms with E-state index in [0.717, 1.165) is 10.5 Å². The molecule has 1 atom stereocenters. The van der Waals surface area contributed by atoms with Crippen LogP contribution in [0.1, 0.15) is 39.3 Å². The molecule has 1 aliphatic rings. The number of carbonyl (C=O) groups excluding carboxylic acids is 1. The van der Waals surface area contributed by atoms with E-state index < -0.39 is 30.2 Å². The fourth-order valence-electron chi connectivity index (χ4n) is 2.96. The Hall–Kier alpha value is -2.30. The first kappa shape index (κ1) is 27.7. The first-order valence-corrected chi connectivity index (χ1v) is 11.2. The second-order valence-electron chi connectivity index (χ2n) is 7.95. The first-order chi connectivity index (χ1) is 15.0. The van der Waals surface area contributed by atoms with Crippen LogP contribution in [0.2, 0.25) is 0 Å². The van der Waals surface area contributed by atoms with Crippen molar-refractivity contribution in [3.05, 3.63) is 41.6 Å². The lowest BCUT2D eigenvalue weighted by atomic mass is 9.93. The number of fused-ring (bicyclic) bond motifs is 1. The van der Waals surface area contributed by atoms with Crippen molar-refractivity contribution >= 4 is 35.4 Å².